The molecule has 0 heterocycles. The van der Waals surface area contributed by atoms with Crippen molar-refractivity contribution >= 4 is 10.0 Å². The number of sulfonamides is 1. The Hall–Kier alpha value is -1.11. The maximum atomic E-state index is 12.6. The molecule has 2 N–H and O–H groups in total. The normalized spacial score (nSPS) is 13.8. The Morgan fingerprint density at radius 3 is 2.48 bits per heavy atom. The number of nitrogens with one attached hydrogen (secondary N) is 1. The summed E-state index contributed by atoms with van der Waals surface area (Å²) in [6.45, 7) is 10.1. The van der Waals surface area contributed by atoms with Crippen LogP contribution >= 0.6 is 0 Å². The average molecular weight is 343 g/mol. The van der Waals surface area contributed by atoms with Crippen molar-refractivity contribution < 1.29 is 18.3 Å². The number of unbranched alkanes of at least 4 members (excludes halogenated alkanes) is 1. The molecule has 23 heavy (non-hydrogen) atoms. The summed E-state index contributed by atoms with van der Waals surface area (Å²) < 4.78 is 33.2. The molecule has 1 atom stereocenters. The lowest BCUT2D eigenvalue weighted by Crippen LogP contribution is -2.31. The van der Waals surface area contributed by atoms with Gasteiger partial charge >= 0.3 is 0 Å². The molecule has 0 aliphatic heterocycles. The van der Waals surface area contributed by atoms with E-state index in [1.807, 2.05) is 33.8 Å². The third-order valence-electron chi connectivity index (χ3n) is 3.42. The van der Waals surface area contributed by atoms with Crippen LogP contribution in [0.4, 0.5) is 0 Å². The summed E-state index contributed by atoms with van der Waals surface area (Å²) in [4.78, 5) is 0.127. The van der Waals surface area contributed by atoms with Gasteiger partial charge in [0, 0.05) is 6.54 Å². The molecule has 1 unspecified atom stereocenters. The van der Waals surface area contributed by atoms with Gasteiger partial charge < -0.3 is 9.84 Å². The zero-order chi connectivity index (χ0) is 17.7. The number of rotatable bonds is 8. The van der Waals surface area contributed by atoms with Crippen molar-refractivity contribution in [1.82, 2.24) is 4.72 Å². The van der Waals surface area contributed by atoms with E-state index in [4.69, 9.17) is 4.74 Å². The Morgan fingerprint density at radius 2 is 1.96 bits per heavy atom. The molecule has 0 aliphatic carbocycles. The maximum Gasteiger partial charge on any atom is 0.244 e. The van der Waals surface area contributed by atoms with Gasteiger partial charge in [0.25, 0.3) is 0 Å². The Bertz CT molecular complexity index is 604. The fraction of sp³-hybridized carbons (Fsp3) is 0.647. The molecule has 0 amide bonds. The summed E-state index contributed by atoms with van der Waals surface area (Å²) in [5, 5.41) is 9.33. The molecule has 0 saturated heterocycles. The van der Waals surface area contributed by atoms with Gasteiger partial charge in [-0.15, -0.1) is 0 Å². The van der Waals surface area contributed by atoms with Gasteiger partial charge in [0.2, 0.25) is 10.0 Å². The lowest BCUT2D eigenvalue weighted by Gasteiger charge is -2.21. The SMILES string of the molecule is CCCCOc1ccc(C(C)(C)C)cc1S(=O)(=O)NCC(C)O. The first-order valence-corrected chi connectivity index (χ1v) is 9.51. The molecule has 0 bridgehead atoms. The lowest BCUT2D eigenvalue weighted by molar-refractivity contribution is 0.198. The molecule has 0 aliphatic rings. The summed E-state index contributed by atoms with van der Waals surface area (Å²) in [7, 11) is -3.74. The summed E-state index contributed by atoms with van der Waals surface area (Å²) in [5.74, 6) is 0.351. The van der Waals surface area contributed by atoms with Gasteiger partial charge in [0.1, 0.15) is 10.6 Å². The van der Waals surface area contributed by atoms with Gasteiger partial charge in [0.05, 0.1) is 12.7 Å². The second kappa shape index (κ2) is 8.13. The van der Waals surface area contributed by atoms with E-state index in [2.05, 4.69) is 4.72 Å². The molecular formula is C17H29NO4S. The van der Waals surface area contributed by atoms with Crippen molar-refractivity contribution in [3.05, 3.63) is 23.8 Å². The van der Waals surface area contributed by atoms with Crippen LogP contribution in [-0.4, -0.2) is 32.8 Å². The second-order valence-corrected chi connectivity index (χ2v) is 8.55. The Morgan fingerprint density at radius 1 is 1.30 bits per heavy atom. The van der Waals surface area contributed by atoms with Crippen LogP contribution in [-0.2, 0) is 15.4 Å². The number of benzene rings is 1. The van der Waals surface area contributed by atoms with Crippen LogP contribution in [0, 0.1) is 0 Å². The molecule has 1 aromatic rings. The first kappa shape index (κ1) is 19.9. The van der Waals surface area contributed by atoms with Crippen molar-refractivity contribution in [2.24, 2.45) is 0 Å². The van der Waals surface area contributed by atoms with Gasteiger partial charge in [-0.1, -0.05) is 40.2 Å². The van der Waals surface area contributed by atoms with E-state index in [9.17, 15) is 13.5 Å². The first-order chi connectivity index (χ1) is 10.6. The molecule has 0 fully saturated rings. The standard InChI is InChI=1S/C17H29NO4S/c1-6-7-10-22-15-9-8-14(17(3,4)5)11-16(15)23(20,21)18-12-13(2)19/h8-9,11,13,18-19H,6-7,10,12H2,1-5H3. The van der Waals surface area contributed by atoms with Crippen LogP contribution in [0.1, 0.15) is 53.0 Å². The first-order valence-electron chi connectivity index (χ1n) is 8.03. The van der Waals surface area contributed by atoms with E-state index in [0.717, 1.165) is 18.4 Å². The van der Waals surface area contributed by atoms with Crippen molar-refractivity contribution in [1.29, 1.82) is 0 Å². The van der Waals surface area contributed by atoms with E-state index in [1.165, 1.54) is 6.92 Å². The average Bonchev–Trinajstić information content (AvgIpc) is 2.44. The molecule has 1 aromatic carbocycles. The summed E-state index contributed by atoms with van der Waals surface area (Å²) >= 11 is 0. The monoisotopic (exact) mass is 343 g/mol. The van der Waals surface area contributed by atoms with Gasteiger partial charge in [-0.25, -0.2) is 13.1 Å². The zero-order valence-corrected chi connectivity index (χ0v) is 15.5. The number of aliphatic hydroxyl groups excluding tert-OH is 1. The largest absolute Gasteiger partial charge is 0.492 e. The molecule has 132 valence electrons. The van der Waals surface area contributed by atoms with Gasteiger partial charge in [-0.3, -0.25) is 0 Å². The Labute approximate surface area is 140 Å². The summed E-state index contributed by atoms with van der Waals surface area (Å²) in [5.41, 5.74) is 0.744. The minimum atomic E-state index is -3.74. The highest BCUT2D eigenvalue weighted by molar-refractivity contribution is 7.89. The molecule has 5 nitrogen and oxygen atoms in total. The van der Waals surface area contributed by atoms with Crippen LogP contribution in [0.5, 0.6) is 5.75 Å². The molecule has 1 rings (SSSR count). The van der Waals surface area contributed by atoms with Crippen LogP contribution < -0.4 is 9.46 Å². The summed E-state index contributed by atoms with van der Waals surface area (Å²) in [6.07, 6.45) is 1.09. The molecule has 6 heteroatoms. The maximum absolute atomic E-state index is 12.6. The topological polar surface area (TPSA) is 75.6 Å². The van der Waals surface area contributed by atoms with E-state index in [0.29, 0.717) is 12.4 Å². The Kier molecular flexibility index (Phi) is 7.04. The molecule has 0 radical (unpaired) electrons. The van der Waals surface area contributed by atoms with E-state index < -0.39 is 16.1 Å². The third kappa shape index (κ3) is 6.12. The molecule has 0 saturated carbocycles. The molecular weight excluding hydrogens is 314 g/mol. The van der Waals surface area contributed by atoms with Crippen LogP contribution in [0.2, 0.25) is 0 Å². The number of hydrogen-bond acceptors (Lipinski definition) is 4. The zero-order valence-electron chi connectivity index (χ0n) is 14.7. The minimum Gasteiger partial charge on any atom is -0.492 e. The van der Waals surface area contributed by atoms with E-state index in [-0.39, 0.29) is 16.9 Å². The van der Waals surface area contributed by atoms with E-state index >= 15 is 0 Å². The van der Waals surface area contributed by atoms with Crippen molar-refractivity contribution in [3.63, 3.8) is 0 Å². The lowest BCUT2D eigenvalue weighted by atomic mass is 9.87. The number of aliphatic hydroxyl groups is 1. The predicted molar refractivity (Wildman–Crippen MR) is 92.4 cm³/mol. The second-order valence-electron chi connectivity index (χ2n) is 6.81. The highest BCUT2D eigenvalue weighted by Gasteiger charge is 2.24. The fourth-order valence-electron chi connectivity index (χ4n) is 1.94. The van der Waals surface area contributed by atoms with Gasteiger partial charge in [-0.2, -0.15) is 0 Å². The molecule has 0 spiro atoms. The minimum absolute atomic E-state index is 0.0313. The highest BCUT2D eigenvalue weighted by Crippen LogP contribution is 2.31. The number of hydrogen-bond donors (Lipinski definition) is 2. The quantitative estimate of drug-likeness (QED) is 0.712. The predicted octanol–water partition coefficient (Wildman–Crippen LogP) is 2.82. The fourth-order valence-corrected chi connectivity index (χ4v) is 3.23. The summed E-state index contributed by atoms with van der Waals surface area (Å²) in [6, 6.07) is 5.27. The Balaban J connectivity index is 3.21. The van der Waals surface area contributed by atoms with Crippen molar-refractivity contribution in [3.8, 4) is 5.75 Å². The number of ether oxygens (including phenoxy) is 1. The van der Waals surface area contributed by atoms with Crippen LogP contribution in [0.15, 0.2) is 23.1 Å². The third-order valence-corrected chi connectivity index (χ3v) is 4.87. The van der Waals surface area contributed by atoms with Crippen molar-refractivity contribution in [2.75, 3.05) is 13.2 Å². The van der Waals surface area contributed by atoms with Crippen LogP contribution in [0.25, 0.3) is 0 Å². The van der Waals surface area contributed by atoms with Crippen molar-refractivity contribution in [2.45, 2.75) is 63.9 Å². The highest BCUT2D eigenvalue weighted by atomic mass is 32.2. The van der Waals surface area contributed by atoms with Crippen LogP contribution in [0.3, 0.4) is 0 Å². The van der Waals surface area contributed by atoms with E-state index in [1.54, 1.807) is 12.1 Å². The van der Waals surface area contributed by atoms with Gasteiger partial charge in [0.15, 0.2) is 0 Å². The van der Waals surface area contributed by atoms with Gasteiger partial charge in [-0.05, 0) is 36.5 Å². The molecule has 0 aromatic heterocycles. The smallest absolute Gasteiger partial charge is 0.244 e.